The number of nitrogens with two attached hydrogens (primary N) is 1. The maximum Gasteiger partial charge on any atom is 0.259 e. The summed E-state index contributed by atoms with van der Waals surface area (Å²) < 4.78 is 0. The molecular formula is C5H8N3O. The van der Waals surface area contributed by atoms with Crippen molar-refractivity contribution in [2.75, 3.05) is 7.05 Å². The Kier molecular flexibility index (Phi) is 1.48. The Morgan fingerprint density at radius 3 is 3.11 bits per heavy atom. The molecule has 1 amide bonds. The Morgan fingerprint density at radius 2 is 2.67 bits per heavy atom. The van der Waals surface area contributed by atoms with Gasteiger partial charge in [-0.15, -0.1) is 0 Å². The lowest BCUT2D eigenvalue weighted by atomic mass is 10.2. The summed E-state index contributed by atoms with van der Waals surface area (Å²) in [6.45, 7) is 0. The van der Waals surface area contributed by atoms with Gasteiger partial charge in [-0.2, -0.15) is 5.10 Å². The summed E-state index contributed by atoms with van der Waals surface area (Å²) in [7, 11) is 1.56. The van der Waals surface area contributed by atoms with E-state index in [2.05, 4.69) is 11.3 Å². The molecule has 49 valence electrons. The summed E-state index contributed by atoms with van der Waals surface area (Å²) in [5, 5.41) is 4.82. The van der Waals surface area contributed by atoms with Crippen molar-refractivity contribution in [1.82, 2.24) is 5.01 Å². The lowest BCUT2D eigenvalue weighted by molar-refractivity contribution is -0.131. The van der Waals surface area contributed by atoms with Crippen molar-refractivity contribution in [2.45, 2.75) is 12.5 Å². The van der Waals surface area contributed by atoms with Gasteiger partial charge in [-0.1, -0.05) is 0 Å². The average Bonchev–Trinajstić information content (AvgIpc) is 1.83. The summed E-state index contributed by atoms with van der Waals surface area (Å²) in [5.74, 6) is -0.145. The van der Waals surface area contributed by atoms with Gasteiger partial charge in [0, 0.05) is 13.5 Å². The predicted octanol–water partition coefficient (Wildman–Crippen LogP) is -0.961. The molecule has 2 N–H and O–H groups in total. The molecule has 9 heavy (non-hydrogen) atoms. The van der Waals surface area contributed by atoms with Crippen LogP contribution in [-0.2, 0) is 4.79 Å². The second kappa shape index (κ2) is 2.14. The molecule has 1 rings (SSSR count). The Hall–Kier alpha value is -0.900. The number of hydrogen-bond donors (Lipinski definition) is 1. The second-order valence-corrected chi connectivity index (χ2v) is 1.93. The Bertz CT molecular complexity index is 154. The number of hydrazone groups is 1. The van der Waals surface area contributed by atoms with Crippen LogP contribution in [0.15, 0.2) is 5.10 Å². The molecule has 0 fully saturated rings. The van der Waals surface area contributed by atoms with Gasteiger partial charge in [0.25, 0.3) is 5.91 Å². The van der Waals surface area contributed by atoms with Gasteiger partial charge in [0.15, 0.2) is 0 Å². The molecule has 0 aliphatic carbocycles. The largest absolute Gasteiger partial charge is 0.320 e. The van der Waals surface area contributed by atoms with Crippen LogP contribution in [-0.4, -0.2) is 30.2 Å². The van der Waals surface area contributed by atoms with Gasteiger partial charge in [0.2, 0.25) is 0 Å². The van der Waals surface area contributed by atoms with Crippen molar-refractivity contribution in [3.63, 3.8) is 0 Å². The third-order valence-electron chi connectivity index (χ3n) is 1.17. The van der Waals surface area contributed by atoms with Gasteiger partial charge >= 0.3 is 0 Å². The molecule has 0 aromatic rings. The van der Waals surface area contributed by atoms with E-state index in [1.807, 2.05) is 0 Å². The molecule has 4 heteroatoms. The van der Waals surface area contributed by atoms with E-state index >= 15 is 0 Å². The maximum atomic E-state index is 10.8. The Labute approximate surface area is 53.3 Å². The van der Waals surface area contributed by atoms with Crippen LogP contribution in [0.5, 0.6) is 0 Å². The summed E-state index contributed by atoms with van der Waals surface area (Å²) in [4.78, 5) is 10.8. The van der Waals surface area contributed by atoms with Gasteiger partial charge < -0.3 is 5.73 Å². The Balaban J connectivity index is 2.69. The van der Waals surface area contributed by atoms with Crippen LogP contribution >= 0.6 is 0 Å². The van der Waals surface area contributed by atoms with Crippen LogP contribution in [0.2, 0.25) is 0 Å². The number of likely N-dealkylation sites (N-methyl/N-ethyl adjacent to an activating group) is 1. The number of hydrogen-bond acceptors (Lipinski definition) is 3. The smallest absolute Gasteiger partial charge is 0.259 e. The topological polar surface area (TPSA) is 58.7 Å². The third kappa shape index (κ3) is 1.08. The molecule has 0 saturated heterocycles. The molecule has 4 nitrogen and oxygen atoms in total. The van der Waals surface area contributed by atoms with E-state index in [0.717, 1.165) is 0 Å². The van der Waals surface area contributed by atoms with Crippen molar-refractivity contribution in [2.24, 2.45) is 10.8 Å². The highest BCUT2D eigenvalue weighted by atomic mass is 16.2. The average molecular weight is 126 g/mol. The fourth-order valence-corrected chi connectivity index (χ4v) is 0.622. The zero-order valence-electron chi connectivity index (χ0n) is 5.16. The fourth-order valence-electron chi connectivity index (χ4n) is 0.622. The van der Waals surface area contributed by atoms with Crippen molar-refractivity contribution in [3.8, 4) is 0 Å². The van der Waals surface area contributed by atoms with Crippen molar-refractivity contribution in [1.29, 1.82) is 0 Å². The number of rotatable bonds is 0. The van der Waals surface area contributed by atoms with Gasteiger partial charge in [0.05, 0.1) is 12.3 Å². The molecule has 0 aromatic carbocycles. The van der Waals surface area contributed by atoms with E-state index in [1.165, 1.54) is 5.01 Å². The first-order valence-electron chi connectivity index (χ1n) is 2.68. The predicted molar refractivity (Wildman–Crippen MR) is 32.8 cm³/mol. The number of carbonyl (C=O) groups is 1. The van der Waals surface area contributed by atoms with E-state index in [1.54, 1.807) is 7.05 Å². The molecular weight excluding hydrogens is 118 g/mol. The van der Waals surface area contributed by atoms with Crippen molar-refractivity contribution < 1.29 is 4.79 Å². The normalized spacial score (nSPS) is 27.1. The van der Waals surface area contributed by atoms with Crippen LogP contribution in [0.4, 0.5) is 0 Å². The second-order valence-electron chi connectivity index (χ2n) is 1.93. The minimum absolute atomic E-state index is 0.145. The van der Waals surface area contributed by atoms with E-state index in [-0.39, 0.29) is 5.91 Å². The minimum Gasteiger partial charge on any atom is -0.320 e. The monoisotopic (exact) mass is 126 g/mol. The zero-order valence-corrected chi connectivity index (χ0v) is 5.16. The summed E-state index contributed by atoms with van der Waals surface area (Å²) in [6, 6.07) is -0.438. The quantitative estimate of drug-likeness (QED) is 0.454. The van der Waals surface area contributed by atoms with Crippen LogP contribution < -0.4 is 5.73 Å². The van der Waals surface area contributed by atoms with Gasteiger partial charge in [-0.05, 0) is 0 Å². The molecule has 1 radical (unpaired) electrons. The van der Waals surface area contributed by atoms with Gasteiger partial charge in [-0.25, -0.2) is 5.01 Å². The standard InChI is InChI=1S/C5H8N3O/c1-8-5(9)4(6)2-3-7-8/h4H,2,6H2,1H3. The van der Waals surface area contributed by atoms with Crippen LogP contribution in [0, 0.1) is 0 Å². The van der Waals surface area contributed by atoms with E-state index in [0.29, 0.717) is 6.42 Å². The lowest BCUT2D eigenvalue weighted by Gasteiger charge is -2.18. The molecule has 0 aromatic heterocycles. The molecule has 1 aliphatic heterocycles. The first-order valence-corrected chi connectivity index (χ1v) is 2.68. The van der Waals surface area contributed by atoms with Crippen molar-refractivity contribution in [3.05, 3.63) is 0 Å². The molecule has 0 spiro atoms. The van der Waals surface area contributed by atoms with Gasteiger partial charge in [-0.3, -0.25) is 4.79 Å². The maximum absolute atomic E-state index is 10.8. The van der Waals surface area contributed by atoms with Crippen LogP contribution in [0.3, 0.4) is 0 Å². The van der Waals surface area contributed by atoms with Crippen molar-refractivity contribution >= 4 is 12.1 Å². The molecule has 1 atom stereocenters. The highest BCUT2D eigenvalue weighted by Gasteiger charge is 2.19. The fraction of sp³-hybridized carbons (Fsp3) is 0.600. The third-order valence-corrected chi connectivity index (χ3v) is 1.17. The van der Waals surface area contributed by atoms with E-state index in [4.69, 9.17) is 5.73 Å². The number of carbonyl (C=O) groups excluding carboxylic acids is 1. The minimum atomic E-state index is -0.438. The molecule has 1 unspecified atom stereocenters. The summed E-state index contributed by atoms with van der Waals surface area (Å²) in [6.07, 6.45) is 3.05. The van der Waals surface area contributed by atoms with E-state index in [9.17, 15) is 4.79 Å². The highest BCUT2D eigenvalue weighted by Crippen LogP contribution is 1.98. The highest BCUT2D eigenvalue weighted by molar-refractivity contribution is 5.87. The van der Waals surface area contributed by atoms with Crippen LogP contribution in [0.25, 0.3) is 0 Å². The number of amides is 1. The Morgan fingerprint density at radius 1 is 2.00 bits per heavy atom. The SMILES string of the molecule is CN1N=[C]CC(N)C1=O. The summed E-state index contributed by atoms with van der Waals surface area (Å²) >= 11 is 0. The first-order chi connectivity index (χ1) is 4.22. The first kappa shape index (κ1) is 6.22. The molecule has 1 aliphatic rings. The summed E-state index contributed by atoms with van der Waals surface area (Å²) in [5.41, 5.74) is 5.35. The number of nitrogens with zero attached hydrogens (tertiary/aromatic N) is 2. The van der Waals surface area contributed by atoms with Crippen LogP contribution in [0.1, 0.15) is 6.42 Å². The molecule has 0 bridgehead atoms. The zero-order chi connectivity index (χ0) is 6.85. The lowest BCUT2D eigenvalue weighted by Crippen LogP contribution is -2.42. The van der Waals surface area contributed by atoms with E-state index < -0.39 is 6.04 Å². The molecule has 0 saturated carbocycles. The van der Waals surface area contributed by atoms with Gasteiger partial charge in [0.1, 0.15) is 0 Å². The molecule has 1 heterocycles.